The van der Waals surface area contributed by atoms with Gasteiger partial charge in [0, 0.05) is 5.38 Å². The van der Waals surface area contributed by atoms with Crippen molar-refractivity contribution in [2.75, 3.05) is 0 Å². The number of aromatic nitrogens is 1. The molecule has 18 heavy (non-hydrogen) atoms. The monoisotopic (exact) mass is 287 g/mol. The molecule has 7 heteroatoms. The number of ether oxygens (including phenoxy) is 1. The minimum atomic E-state index is -1.10. The lowest BCUT2D eigenvalue weighted by molar-refractivity contribution is 0.0696. The predicted octanol–water partition coefficient (Wildman–Crippen LogP) is 3.21. The van der Waals surface area contributed by atoms with E-state index in [4.69, 9.17) is 21.4 Å². The number of aromatic carboxylic acids is 1. The summed E-state index contributed by atoms with van der Waals surface area (Å²) >= 11 is 6.58. The van der Waals surface area contributed by atoms with Crippen molar-refractivity contribution in [1.82, 2.24) is 4.98 Å². The van der Waals surface area contributed by atoms with Gasteiger partial charge in [-0.3, -0.25) is 0 Å². The van der Waals surface area contributed by atoms with Crippen LogP contribution in [0.15, 0.2) is 23.6 Å². The second-order valence-electron chi connectivity index (χ2n) is 3.29. The van der Waals surface area contributed by atoms with Gasteiger partial charge in [0.2, 0.25) is 5.01 Å². The van der Waals surface area contributed by atoms with Crippen LogP contribution in [0.1, 0.15) is 15.5 Å². The molecule has 0 aliphatic heterocycles. The van der Waals surface area contributed by atoms with Crippen LogP contribution in [-0.4, -0.2) is 16.1 Å². The van der Waals surface area contributed by atoms with Crippen LogP contribution in [0.3, 0.4) is 0 Å². The maximum absolute atomic E-state index is 13.5. The second-order valence-corrected chi connectivity index (χ2v) is 4.56. The van der Waals surface area contributed by atoms with Crippen LogP contribution in [0, 0.1) is 5.82 Å². The Morgan fingerprint density at radius 1 is 1.56 bits per heavy atom. The number of nitrogens with zero attached hydrogens (tertiary/aromatic N) is 1. The van der Waals surface area contributed by atoms with Crippen molar-refractivity contribution < 1.29 is 19.0 Å². The van der Waals surface area contributed by atoms with E-state index in [0.29, 0.717) is 5.69 Å². The van der Waals surface area contributed by atoms with Crippen molar-refractivity contribution in [3.05, 3.63) is 45.1 Å². The van der Waals surface area contributed by atoms with E-state index in [1.54, 1.807) is 11.4 Å². The van der Waals surface area contributed by atoms with Gasteiger partial charge in [-0.05, 0) is 12.1 Å². The van der Waals surface area contributed by atoms with Gasteiger partial charge in [0.05, 0.1) is 10.7 Å². The van der Waals surface area contributed by atoms with Gasteiger partial charge in [-0.2, -0.15) is 0 Å². The Labute approximate surface area is 111 Å². The Bertz CT molecular complexity index is 587. The molecular weight excluding hydrogens is 281 g/mol. The molecule has 1 N–H and O–H groups in total. The van der Waals surface area contributed by atoms with E-state index >= 15 is 0 Å². The van der Waals surface area contributed by atoms with E-state index in [0.717, 1.165) is 11.3 Å². The molecule has 0 fully saturated rings. The lowest BCUT2D eigenvalue weighted by atomic mass is 10.3. The summed E-state index contributed by atoms with van der Waals surface area (Å²) in [6, 6.07) is 4.41. The highest BCUT2D eigenvalue weighted by Crippen LogP contribution is 2.24. The Morgan fingerprint density at radius 3 is 3.00 bits per heavy atom. The van der Waals surface area contributed by atoms with Gasteiger partial charge in [0.15, 0.2) is 11.6 Å². The van der Waals surface area contributed by atoms with Crippen LogP contribution in [0.2, 0.25) is 5.02 Å². The fraction of sp³-hybridized carbons (Fsp3) is 0.0909. The molecule has 2 rings (SSSR count). The predicted molar refractivity (Wildman–Crippen MR) is 64.8 cm³/mol. The number of carbonyl (C=O) groups is 1. The van der Waals surface area contributed by atoms with Crippen molar-refractivity contribution in [3.63, 3.8) is 0 Å². The van der Waals surface area contributed by atoms with Crippen molar-refractivity contribution in [2.45, 2.75) is 6.61 Å². The van der Waals surface area contributed by atoms with Gasteiger partial charge in [-0.25, -0.2) is 14.2 Å². The third-order valence-electron chi connectivity index (χ3n) is 2.03. The van der Waals surface area contributed by atoms with E-state index in [2.05, 4.69) is 4.98 Å². The van der Waals surface area contributed by atoms with Gasteiger partial charge in [0.1, 0.15) is 6.61 Å². The van der Waals surface area contributed by atoms with Crippen LogP contribution in [0.25, 0.3) is 0 Å². The molecule has 4 nitrogen and oxygen atoms in total. The van der Waals surface area contributed by atoms with Gasteiger partial charge in [-0.15, -0.1) is 11.3 Å². The van der Waals surface area contributed by atoms with Gasteiger partial charge in [-0.1, -0.05) is 17.7 Å². The first-order chi connectivity index (χ1) is 8.58. The van der Waals surface area contributed by atoms with Crippen molar-refractivity contribution in [2.24, 2.45) is 0 Å². The molecule has 0 amide bonds. The van der Waals surface area contributed by atoms with Crippen LogP contribution in [0.5, 0.6) is 5.75 Å². The molecule has 0 aliphatic carbocycles. The fourth-order valence-corrected chi connectivity index (χ4v) is 2.02. The second kappa shape index (κ2) is 5.32. The van der Waals surface area contributed by atoms with E-state index in [1.807, 2.05) is 0 Å². The Balaban J connectivity index is 2.07. The van der Waals surface area contributed by atoms with Crippen molar-refractivity contribution in [3.8, 4) is 5.75 Å². The summed E-state index contributed by atoms with van der Waals surface area (Å²) in [4.78, 5) is 14.4. The summed E-state index contributed by atoms with van der Waals surface area (Å²) in [5, 5.41) is 10.2. The van der Waals surface area contributed by atoms with Crippen molar-refractivity contribution >= 4 is 28.9 Å². The average Bonchev–Trinajstić information content (AvgIpc) is 2.80. The molecule has 1 aromatic carbocycles. The topological polar surface area (TPSA) is 59.4 Å². The molecule has 0 aliphatic rings. The van der Waals surface area contributed by atoms with E-state index in [9.17, 15) is 9.18 Å². The zero-order chi connectivity index (χ0) is 13.1. The van der Waals surface area contributed by atoms with Gasteiger partial charge in [0.25, 0.3) is 0 Å². The van der Waals surface area contributed by atoms with Crippen LogP contribution >= 0.6 is 22.9 Å². The fourth-order valence-electron chi connectivity index (χ4n) is 1.22. The maximum atomic E-state index is 13.5. The molecular formula is C11H7ClFNO3S. The molecule has 0 radical (unpaired) electrons. The summed E-state index contributed by atoms with van der Waals surface area (Å²) < 4.78 is 18.7. The molecule has 0 spiro atoms. The summed E-state index contributed by atoms with van der Waals surface area (Å²) in [5.74, 6) is -1.74. The average molecular weight is 288 g/mol. The third kappa shape index (κ3) is 2.77. The van der Waals surface area contributed by atoms with Crippen LogP contribution < -0.4 is 4.74 Å². The minimum absolute atomic E-state index is 0.00683. The van der Waals surface area contributed by atoms with E-state index < -0.39 is 11.8 Å². The molecule has 0 saturated carbocycles. The quantitative estimate of drug-likeness (QED) is 0.938. The first kappa shape index (κ1) is 12.8. The zero-order valence-corrected chi connectivity index (χ0v) is 10.5. The van der Waals surface area contributed by atoms with Crippen molar-refractivity contribution in [1.29, 1.82) is 0 Å². The number of carboxylic acid groups (broad SMARTS) is 1. The number of halogens is 2. The standard InChI is InChI=1S/C11H7ClFNO3S/c12-7-2-1-3-8(9(7)13)17-4-6-5-18-10(14-6)11(15)16/h1-3,5H,4H2,(H,15,16). The molecule has 1 heterocycles. The highest BCUT2D eigenvalue weighted by molar-refractivity contribution is 7.11. The van der Waals surface area contributed by atoms with Gasteiger partial charge < -0.3 is 9.84 Å². The first-order valence-electron chi connectivity index (χ1n) is 4.82. The van der Waals surface area contributed by atoms with E-state index in [-0.39, 0.29) is 22.4 Å². The summed E-state index contributed by atoms with van der Waals surface area (Å²) in [7, 11) is 0. The first-order valence-corrected chi connectivity index (χ1v) is 6.08. The molecule has 1 aromatic heterocycles. The number of benzene rings is 1. The van der Waals surface area contributed by atoms with E-state index in [1.165, 1.54) is 12.1 Å². The van der Waals surface area contributed by atoms with Crippen LogP contribution in [0.4, 0.5) is 4.39 Å². The number of hydrogen-bond donors (Lipinski definition) is 1. The normalized spacial score (nSPS) is 10.3. The Hall–Kier alpha value is -1.66. The molecule has 0 bridgehead atoms. The molecule has 0 atom stereocenters. The Morgan fingerprint density at radius 2 is 2.33 bits per heavy atom. The summed E-state index contributed by atoms with van der Waals surface area (Å²) in [5.41, 5.74) is 0.428. The lowest BCUT2D eigenvalue weighted by Crippen LogP contribution is -2.00. The summed E-state index contributed by atoms with van der Waals surface area (Å²) in [6.45, 7) is -0.0129. The highest BCUT2D eigenvalue weighted by Gasteiger charge is 2.11. The highest BCUT2D eigenvalue weighted by atomic mass is 35.5. The number of thiazole rings is 1. The number of hydrogen-bond acceptors (Lipinski definition) is 4. The number of carboxylic acids is 1. The lowest BCUT2D eigenvalue weighted by Gasteiger charge is -2.05. The molecule has 0 unspecified atom stereocenters. The number of rotatable bonds is 4. The molecule has 94 valence electrons. The third-order valence-corrected chi connectivity index (χ3v) is 3.20. The minimum Gasteiger partial charge on any atom is -0.484 e. The zero-order valence-electron chi connectivity index (χ0n) is 8.89. The SMILES string of the molecule is O=C(O)c1nc(COc2cccc(Cl)c2F)cs1. The Kier molecular flexibility index (Phi) is 3.78. The largest absolute Gasteiger partial charge is 0.484 e. The smallest absolute Gasteiger partial charge is 0.365 e. The summed E-state index contributed by atoms with van der Waals surface area (Å²) in [6.07, 6.45) is 0. The van der Waals surface area contributed by atoms with Crippen LogP contribution in [-0.2, 0) is 6.61 Å². The maximum Gasteiger partial charge on any atom is 0.365 e. The molecule has 0 saturated heterocycles. The van der Waals surface area contributed by atoms with Gasteiger partial charge >= 0.3 is 5.97 Å². The molecule has 2 aromatic rings.